The second-order valence-electron chi connectivity index (χ2n) is 18.3. The summed E-state index contributed by atoms with van der Waals surface area (Å²) in [6, 6.07) is 0. The van der Waals surface area contributed by atoms with Crippen LogP contribution in [0.2, 0.25) is 0 Å². The van der Waals surface area contributed by atoms with Crippen molar-refractivity contribution in [3.8, 4) is 0 Å². The highest BCUT2D eigenvalue weighted by Crippen LogP contribution is 2.17. The van der Waals surface area contributed by atoms with Gasteiger partial charge in [-0.25, -0.2) is 0 Å². The summed E-state index contributed by atoms with van der Waals surface area (Å²) >= 11 is 0. The van der Waals surface area contributed by atoms with Crippen molar-refractivity contribution in [3.63, 3.8) is 0 Å². The van der Waals surface area contributed by atoms with E-state index in [0.29, 0.717) is 19.3 Å². The standard InChI is InChI=1S/C52H100O6/c1-5-7-9-11-13-14-15-16-18-22-25-28-32-36-40-44-51(54)57-47-49(46-56-50(53)43-39-35-30-12-10-8-6-2)58-52(55)45-41-37-33-29-26-23-20-17-19-21-24-27-31-34-38-42-48(3)4/h48-49H,5-47H2,1-4H3/t49-/m0/s1. The second-order valence-corrected chi connectivity index (χ2v) is 18.3. The van der Waals surface area contributed by atoms with Crippen LogP contribution in [0, 0.1) is 5.92 Å². The third-order valence-corrected chi connectivity index (χ3v) is 11.8. The van der Waals surface area contributed by atoms with E-state index in [2.05, 4.69) is 27.7 Å². The van der Waals surface area contributed by atoms with E-state index in [0.717, 1.165) is 63.7 Å². The largest absolute Gasteiger partial charge is 0.462 e. The number of esters is 3. The van der Waals surface area contributed by atoms with Gasteiger partial charge in [0.25, 0.3) is 0 Å². The van der Waals surface area contributed by atoms with Gasteiger partial charge < -0.3 is 14.2 Å². The van der Waals surface area contributed by atoms with Crippen LogP contribution < -0.4 is 0 Å². The summed E-state index contributed by atoms with van der Waals surface area (Å²) in [6.07, 6.45) is 48.1. The molecule has 344 valence electrons. The summed E-state index contributed by atoms with van der Waals surface area (Å²) in [5.41, 5.74) is 0. The number of ether oxygens (including phenoxy) is 3. The first-order valence-electron chi connectivity index (χ1n) is 25.9. The molecule has 0 heterocycles. The van der Waals surface area contributed by atoms with Gasteiger partial charge in [-0.05, 0) is 25.2 Å². The molecule has 0 aliphatic heterocycles. The van der Waals surface area contributed by atoms with Gasteiger partial charge in [0.15, 0.2) is 6.10 Å². The minimum Gasteiger partial charge on any atom is -0.462 e. The molecule has 58 heavy (non-hydrogen) atoms. The average molecular weight is 821 g/mol. The van der Waals surface area contributed by atoms with E-state index in [9.17, 15) is 14.4 Å². The number of carbonyl (C=O) groups excluding carboxylic acids is 3. The molecule has 0 aliphatic carbocycles. The molecule has 6 heteroatoms. The molecule has 0 fully saturated rings. The van der Waals surface area contributed by atoms with Gasteiger partial charge in [-0.2, -0.15) is 0 Å². The summed E-state index contributed by atoms with van der Waals surface area (Å²) in [6.45, 7) is 9.00. The number of rotatable bonds is 47. The lowest BCUT2D eigenvalue weighted by Gasteiger charge is -2.18. The van der Waals surface area contributed by atoms with Crippen LogP contribution in [0.5, 0.6) is 0 Å². The Morgan fingerprint density at radius 1 is 0.328 bits per heavy atom. The van der Waals surface area contributed by atoms with Crippen molar-refractivity contribution in [2.45, 2.75) is 297 Å². The topological polar surface area (TPSA) is 78.9 Å². The van der Waals surface area contributed by atoms with Crippen molar-refractivity contribution in [1.82, 2.24) is 0 Å². The van der Waals surface area contributed by atoms with E-state index in [1.165, 1.54) is 186 Å². The van der Waals surface area contributed by atoms with Crippen LogP contribution in [0.4, 0.5) is 0 Å². The first kappa shape index (κ1) is 56.4. The van der Waals surface area contributed by atoms with E-state index >= 15 is 0 Å². The Morgan fingerprint density at radius 2 is 0.569 bits per heavy atom. The fourth-order valence-electron chi connectivity index (χ4n) is 7.86. The zero-order valence-corrected chi connectivity index (χ0v) is 39.5. The van der Waals surface area contributed by atoms with Crippen LogP contribution in [-0.4, -0.2) is 37.2 Å². The molecule has 0 unspecified atom stereocenters. The monoisotopic (exact) mass is 821 g/mol. The molecule has 0 spiro atoms. The molecule has 0 radical (unpaired) electrons. The van der Waals surface area contributed by atoms with Crippen LogP contribution >= 0.6 is 0 Å². The molecule has 0 aliphatic rings. The lowest BCUT2D eigenvalue weighted by atomic mass is 10.0. The van der Waals surface area contributed by atoms with Crippen LogP contribution in [0.25, 0.3) is 0 Å². The summed E-state index contributed by atoms with van der Waals surface area (Å²) in [5.74, 6) is -0.00269. The minimum absolute atomic E-state index is 0.0630. The molecular weight excluding hydrogens is 721 g/mol. The maximum Gasteiger partial charge on any atom is 0.306 e. The highest BCUT2D eigenvalue weighted by molar-refractivity contribution is 5.71. The van der Waals surface area contributed by atoms with Crippen molar-refractivity contribution in [1.29, 1.82) is 0 Å². The third-order valence-electron chi connectivity index (χ3n) is 11.8. The van der Waals surface area contributed by atoms with Gasteiger partial charge in [0.2, 0.25) is 0 Å². The summed E-state index contributed by atoms with van der Waals surface area (Å²) in [5, 5.41) is 0. The molecule has 0 aromatic rings. The Hall–Kier alpha value is -1.59. The van der Waals surface area contributed by atoms with Crippen molar-refractivity contribution in [3.05, 3.63) is 0 Å². The van der Waals surface area contributed by atoms with Gasteiger partial charge in [0.05, 0.1) is 0 Å². The van der Waals surface area contributed by atoms with Crippen LogP contribution in [0.1, 0.15) is 291 Å². The van der Waals surface area contributed by atoms with Crippen molar-refractivity contribution in [2.24, 2.45) is 5.92 Å². The molecule has 0 bridgehead atoms. The SMILES string of the molecule is CCCCCCCCCCCCCCCCCC(=O)OC[C@H](COC(=O)CCCCCCCCC)OC(=O)CCCCCCCCCCCCCCCCCC(C)C. The molecule has 0 saturated heterocycles. The number of carbonyl (C=O) groups is 3. The Balaban J connectivity index is 4.19. The second kappa shape index (κ2) is 46.5. The molecule has 0 amide bonds. The van der Waals surface area contributed by atoms with E-state index in [4.69, 9.17) is 14.2 Å². The van der Waals surface area contributed by atoms with Gasteiger partial charge >= 0.3 is 17.9 Å². The molecule has 0 saturated carbocycles. The normalized spacial score (nSPS) is 11.9. The quantitative estimate of drug-likeness (QED) is 0.0346. The minimum atomic E-state index is -0.759. The Morgan fingerprint density at radius 3 is 0.845 bits per heavy atom. The first-order valence-corrected chi connectivity index (χ1v) is 25.9. The predicted molar refractivity (Wildman–Crippen MR) is 247 cm³/mol. The maximum absolute atomic E-state index is 12.8. The highest BCUT2D eigenvalue weighted by Gasteiger charge is 2.19. The van der Waals surface area contributed by atoms with Gasteiger partial charge in [0, 0.05) is 19.3 Å². The predicted octanol–water partition coefficient (Wildman–Crippen LogP) is 16.7. The Kier molecular flexibility index (Phi) is 45.2. The van der Waals surface area contributed by atoms with Gasteiger partial charge in [-0.1, -0.05) is 252 Å². The van der Waals surface area contributed by atoms with E-state index in [-0.39, 0.29) is 31.1 Å². The zero-order valence-electron chi connectivity index (χ0n) is 39.5. The lowest BCUT2D eigenvalue weighted by Crippen LogP contribution is -2.30. The molecule has 0 N–H and O–H groups in total. The van der Waals surface area contributed by atoms with Crippen LogP contribution in [-0.2, 0) is 28.6 Å². The smallest absolute Gasteiger partial charge is 0.306 e. The molecule has 0 aromatic heterocycles. The van der Waals surface area contributed by atoms with E-state index < -0.39 is 6.10 Å². The number of unbranched alkanes of at least 4 members (excludes halogenated alkanes) is 34. The van der Waals surface area contributed by atoms with Crippen LogP contribution in [0.3, 0.4) is 0 Å². The molecule has 0 aromatic carbocycles. The third kappa shape index (κ3) is 45.5. The number of hydrogen-bond donors (Lipinski definition) is 0. The fraction of sp³-hybridized carbons (Fsp3) is 0.942. The molecule has 0 rings (SSSR count). The zero-order chi connectivity index (χ0) is 42.4. The van der Waals surface area contributed by atoms with Gasteiger partial charge in [-0.3, -0.25) is 14.4 Å². The van der Waals surface area contributed by atoms with Crippen LogP contribution in [0.15, 0.2) is 0 Å². The van der Waals surface area contributed by atoms with Gasteiger partial charge in [-0.15, -0.1) is 0 Å². The number of hydrogen-bond acceptors (Lipinski definition) is 6. The van der Waals surface area contributed by atoms with Crippen molar-refractivity contribution < 1.29 is 28.6 Å². The Bertz CT molecular complexity index is 872. The Labute approximate surface area is 361 Å². The van der Waals surface area contributed by atoms with E-state index in [1.54, 1.807) is 0 Å². The summed E-state index contributed by atoms with van der Waals surface area (Å²) in [7, 11) is 0. The molecule has 1 atom stereocenters. The molecular formula is C52H100O6. The lowest BCUT2D eigenvalue weighted by molar-refractivity contribution is -0.167. The van der Waals surface area contributed by atoms with E-state index in [1.807, 2.05) is 0 Å². The average Bonchev–Trinajstić information content (AvgIpc) is 3.21. The maximum atomic E-state index is 12.8. The first-order chi connectivity index (χ1) is 28.4. The van der Waals surface area contributed by atoms with Gasteiger partial charge in [0.1, 0.15) is 13.2 Å². The fourth-order valence-corrected chi connectivity index (χ4v) is 7.86. The summed E-state index contributed by atoms with van der Waals surface area (Å²) in [4.78, 5) is 37.8. The van der Waals surface area contributed by atoms with Crippen molar-refractivity contribution >= 4 is 17.9 Å². The highest BCUT2D eigenvalue weighted by atomic mass is 16.6. The van der Waals surface area contributed by atoms with Crippen molar-refractivity contribution in [2.75, 3.05) is 13.2 Å². The molecule has 6 nitrogen and oxygen atoms in total. The summed E-state index contributed by atoms with van der Waals surface area (Å²) < 4.78 is 16.7.